The van der Waals surface area contributed by atoms with E-state index in [1.807, 2.05) is 24.3 Å². The first-order valence-corrected chi connectivity index (χ1v) is 4.40. The third-order valence-corrected chi connectivity index (χ3v) is 2.44. The third-order valence-electron chi connectivity index (χ3n) is 2.44. The number of ether oxygens (including phenoxy) is 1. The average molecular weight is 179 g/mol. The summed E-state index contributed by atoms with van der Waals surface area (Å²) in [5.41, 5.74) is 6.76. The van der Waals surface area contributed by atoms with Crippen molar-refractivity contribution in [2.24, 2.45) is 11.7 Å². The number of fused-ring (bicyclic) bond motifs is 1. The molecule has 0 spiro atoms. The van der Waals surface area contributed by atoms with E-state index in [-0.39, 0.29) is 18.6 Å². The molecule has 0 aromatic rings. The summed E-state index contributed by atoms with van der Waals surface area (Å²) in [4.78, 5) is 0. The van der Waals surface area contributed by atoms with Crippen LogP contribution >= 0.6 is 0 Å². The Labute approximate surface area is 77.2 Å². The zero-order chi connectivity index (χ0) is 9.26. The number of rotatable bonds is 2. The Morgan fingerprint density at radius 2 is 2.38 bits per heavy atom. The van der Waals surface area contributed by atoms with Gasteiger partial charge in [-0.05, 0) is 17.7 Å². The molecule has 13 heavy (non-hydrogen) atoms. The average Bonchev–Trinajstić information content (AvgIpc) is 2.59. The van der Waals surface area contributed by atoms with Crippen molar-refractivity contribution in [3.63, 3.8) is 0 Å². The Kier molecular flexibility index (Phi) is 2.20. The summed E-state index contributed by atoms with van der Waals surface area (Å²) in [6.07, 6.45) is 7.96. The molecule has 2 atom stereocenters. The Balaban J connectivity index is 2.22. The lowest BCUT2D eigenvalue weighted by molar-refractivity contribution is 0.128. The fourth-order valence-corrected chi connectivity index (χ4v) is 1.75. The topological polar surface area (TPSA) is 55.5 Å². The van der Waals surface area contributed by atoms with Crippen LogP contribution in [-0.4, -0.2) is 24.4 Å². The lowest BCUT2D eigenvalue weighted by Gasteiger charge is -2.20. The van der Waals surface area contributed by atoms with Gasteiger partial charge in [0.15, 0.2) is 0 Å². The van der Waals surface area contributed by atoms with Crippen LogP contribution in [0.4, 0.5) is 0 Å². The Bertz CT molecular complexity index is 291. The van der Waals surface area contributed by atoms with Crippen molar-refractivity contribution >= 4 is 0 Å². The van der Waals surface area contributed by atoms with Gasteiger partial charge < -0.3 is 15.6 Å². The van der Waals surface area contributed by atoms with Crippen LogP contribution < -0.4 is 5.73 Å². The zero-order valence-electron chi connectivity index (χ0n) is 7.31. The fraction of sp³-hybridized carbons (Fsp3) is 0.400. The second kappa shape index (κ2) is 3.36. The quantitative estimate of drug-likeness (QED) is 0.642. The predicted octanol–water partition coefficient (Wildman–Crippen LogP) is 0.333. The maximum absolute atomic E-state index is 8.90. The number of aliphatic hydroxyl groups is 1. The van der Waals surface area contributed by atoms with E-state index in [0.717, 1.165) is 5.57 Å². The summed E-state index contributed by atoms with van der Waals surface area (Å²) in [6.45, 7) is 0.517. The predicted molar refractivity (Wildman–Crippen MR) is 49.8 cm³/mol. The SMILES string of the molecule is NCC1=CC=CC2OC(CO)=CC12. The summed E-state index contributed by atoms with van der Waals surface area (Å²) in [5.74, 6) is 0.887. The third kappa shape index (κ3) is 1.41. The van der Waals surface area contributed by atoms with Gasteiger partial charge in [0.1, 0.15) is 18.5 Å². The summed E-state index contributed by atoms with van der Waals surface area (Å²) >= 11 is 0. The summed E-state index contributed by atoms with van der Waals surface area (Å²) in [7, 11) is 0. The second-order valence-electron chi connectivity index (χ2n) is 3.23. The first-order valence-electron chi connectivity index (χ1n) is 4.40. The molecule has 3 nitrogen and oxygen atoms in total. The van der Waals surface area contributed by atoms with E-state index in [0.29, 0.717) is 12.3 Å². The first kappa shape index (κ1) is 8.53. The van der Waals surface area contributed by atoms with E-state index in [9.17, 15) is 0 Å². The van der Waals surface area contributed by atoms with Gasteiger partial charge in [-0.3, -0.25) is 0 Å². The van der Waals surface area contributed by atoms with Gasteiger partial charge in [-0.2, -0.15) is 0 Å². The Morgan fingerprint density at radius 3 is 3.08 bits per heavy atom. The van der Waals surface area contributed by atoms with Gasteiger partial charge in [0.25, 0.3) is 0 Å². The molecular formula is C10H13NO2. The van der Waals surface area contributed by atoms with Gasteiger partial charge in [0.2, 0.25) is 0 Å². The number of nitrogens with two attached hydrogens (primary N) is 1. The van der Waals surface area contributed by atoms with Gasteiger partial charge in [-0.15, -0.1) is 0 Å². The van der Waals surface area contributed by atoms with Crippen molar-refractivity contribution in [3.8, 4) is 0 Å². The highest BCUT2D eigenvalue weighted by atomic mass is 16.5. The maximum Gasteiger partial charge on any atom is 0.127 e. The van der Waals surface area contributed by atoms with Gasteiger partial charge in [-0.25, -0.2) is 0 Å². The van der Waals surface area contributed by atoms with E-state index >= 15 is 0 Å². The summed E-state index contributed by atoms with van der Waals surface area (Å²) in [6, 6.07) is 0. The molecule has 1 aliphatic heterocycles. The van der Waals surface area contributed by atoms with Crippen LogP contribution in [0.3, 0.4) is 0 Å². The highest BCUT2D eigenvalue weighted by Crippen LogP contribution is 2.32. The summed E-state index contributed by atoms with van der Waals surface area (Å²) < 4.78 is 5.47. The number of aliphatic hydroxyl groups excluding tert-OH is 1. The molecule has 0 saturated heterocycles. The van der Waals surface area contributed by atoms with Crippen LogP contribution in [0.5, 0.6) is 0 Å². The van der Waals surface area contributed by atoms with Crippen LogP contribution in [0.1, 0.15) is 0 Å². The molecule has 0 aromatic carbocycles. The minimum absolute atomic E-state index is 0.0291. The van der Waals surface area contributed by atoms with E-state index < -0.39 is 0 Å². The van der Waals surface area contributed by atoms with Crippen LogP contribution in [0.15, 0.2) is 35.6 Å². The van der Waals surface area contributed by atoms with E-state index in [4.69, 9.17) is 15.6 Å². The smallest absolute Gasteiger partial charge is 0.127 e. The van der Waals surface area contributed by atoms with Gasteiger partial charge in [0.05, 0.1) is 0 Å². The molecule has 0 amide bonds. The van der Waals surface area contributed by atoms with Crippen molar-refractivity contribution in [1.29, 1.82) is 0 Å². The molecule has 70 valence electrons. The minimum atomic E-state index is -0.0291. The maximum atomic E-state index is 8.90. The molecule has 0 bridgehead atoms. The largest absolute Gasteiger partial charge is 0.488 e. The molecule has 0 fully saturated rings. The fourth-order valence-electron chi connectivity index (χ4n) is 1.75. The summed E-state index contributed by atoms with van der Waals surface area (Å²) in [5, 5.41) is 8.90. The van der Waals surface area contributed by atoms with Crippen molar-refractivity contribution in [2.45, 2.75) is 6.10 Å². The lowest BCUT2D eigenvalue weighted by Crippen LogP contribution is -2.22. The van der Waals surface area contributed by atoms with E-state index in [1.54, 1.807) is 0 Å². The van der Waals surface area contributed by atoms with Crippen molar-refractivity contribution in [2.75, 3.05) is 13.2 Å². The van der Waals surface area contributed by atoms with Crippen LogP contribution in [-0.2, 0) is 4.74 Å². The van der Waals surface area contributed by atoms with Gasteiger partial charge in [-0.1, -0.05) is 12.2 Å². The monoisotopic (exact) mass is 179 g/mol. The van der Waals surface area contributed by atoms with E-state index in [1.165, 1.54) is 0 Å². The van der Waals surface area contributed by atoms with Crippen LogP contribution in [0.25, 0.3) is 0 Å². The normalized spacial score (nSPS) is 30.6. The minimum Gasteiger partial charge on any atom is -0.488 e. The van der Waals surface area contributed by atoms with Crippen molar-refractivity contribution in [3.05, 3.63) is 35.6 Å². The Hall–Kier alpha value is -1.06. The molecule has 2 unspecified atom stereocenters. The van der Waals surface area contributed by atoms with Gasteiger partial charge >= 0.3 is 0 Å². The molecule has 3 N–H and O–H groups in total. The zero-order valence-corrected chi connectivity index (χ0v) is 7.31. The molecule has 1 aliphatic carbocycles. The highest BCUT2D eigenvalue weighted by molar-refractivity contribution is 5.32. The van der Waals surface area contributed by atoms with Crippen LogP contribution in [0, 0.1) is 5.92 Å². The van der Waals surface area contributed by atoms with Crippen molar-refractivity contribution < 1.29 is 9.84 Å². The molecule has 0 aromatic heterocycles. The number of allylic oxidation sites excluding steroid dienone is 2. The number of hydrogen-bond acceptors (Lipinski definition) is 3. The standard InChI is InChI=1S/C10H13NO2/c11-5-7-2-1-3-10-9(7)4-8(6-12)13-10/h1-4,9-10,12H,5-6,11H2. The van der Waals surface area contributed by atoms with Crippen molar-refractivity contribution in [1.82, 2.24) is 0 Å². The molecule has 0 radical (unpaired) electrons. The molecular weight excluding hydrogens is 166 g/mol. The first-order chi connectivity index (χ1) is 6.35. The number of hydrogen-bond donors (Lipinski definition) is 2. The Morgan fingerprint density at radius 1 is 1.54 bits per heavy atom. The second-order valence-corrected chi connectivity index (χ2v) is 3.23. The highest BCUT2D eigenvalue weighted by Gasteiger charge is 2.30. The lowest BCUT2D eigenvalue weighted by atomic mass is 9.90. The molecule has 2 rings (SSSR count). The molecule has 1 heterocycles. The van der Waals surface area contributed by atoms with Crippen LogP contribution in [0.2, 0.25) is 0 Å². The van der Waals surface area contributed by atoms with Gasteiger partial charge in [0, 0.05) is 12.5 Å². The molecule has 0 saturated carbocycles. The van der Waals surface area contributed by atoms with E-state index in [2.05, 4.69) is 0 Å². The molecule has 2 aliphatic rings. The molecule has 3 heteroatoms.